The molecule has 2 atom stereocenters. The summed E-state index contributed by atoms with van der Waals surface area (Å²) in [5.74, 6) is 0.204. The fourth-order valence-corrected chi connectivity index (χ4v) is 4.90. The predicted octanol–water partition coefficient (Wildman–Crippen LogP) is 4.12. The standard InChI is InChI=1S/C23H32N2O4S/c1-7-21(20-13-12-16(3)14-17(20)4)24-23(26)22(8-2)25(30(6,27)28)18-10-9-11-19(15-18)29-5/h9-15,21-22H,7-8H2,1-6H3,(H,24,26). The summed E-state index contributed by atoms with van der Waals surface area (Å²) in [6.07, 6.45) is 2.15. The van der Waals surface area contributed by atoms with Crippen LogP contribution in [0.3, 0.4) is 0 Å². The number of methoxy groups -OCH3 is 1. The van der Waals surface area contributed by atoms with Crippen molar-refractivity contribution in [1.82, 2.24) is 5.32 Å². The second-order valence-electron chi connectivity index (χ2n) is 7.51. The number of amides is 1. The van der Waals surface area contributed by atoms with Crippen LogP contribution in [0.25, 0.3) is 0 Å². The van der Waals surface area contributed by atoms with E-state index in [2.05, 4.69) is 11.4 Å². The van der Waals surface area contributed by atoms with Gasteiger partial charge in [0.25, 0.3) is 0 Å². The van der Waals surface area contributed by atoms with Gasteiger partial charge in [0, 0.05) is 6.07 Å². The summed E-state index contributed by atoms with van der Waals surface area (Å²) < 4.78 is 31.7. The van der Waals surface area contributed by atoms with Crippen LogP contribution in [0.2, 0.25) is 0 Å². The Bertz CT molecular complexity index is 988. The van der Waals surface area contributed by atoms with Gasteiger partial charge in [-0.15, -0.1) is 0 Å². The highest BCUT2D eigenvalue weighted by molar-refractivity contribution is 7.92. The number of carbonyl (C=O) groups is 1. The number of benzene rings is 2. The van der Waals surface area contributed by atoms with Crippen molar-refractivity contribution in [2.45, 2.75) is 52.6 Å². The highest BCUT2D eigenvalue weighted by atomic mass is 32.2. The lowest BCUT2D eigenvalue weighted by atomic mass is 9.97. The molecular weight excluding hydrogens is 400 g/mol. The lowest BCUT2D eigenvalue weighted by Crippen LogP contribution is -2.50. The van der Waals surface area contributed by atoms with Gasteiger partial charge in [-0.05, 0) is 49.9 Å². The smallest absolute Gasteiger partial charge is 0.244 e. The molecule has 0 radical (unpaired) electrons. The van der Waals surface area contributed by atoms with Gasteiger partial charge in [-0.2, -0.15) is 0 Å². The first-order chi connectivity index (χ1) is 14.1. The molecule has 2 rings (SSSR count). The average Bonchev–Trinajstić information content (AvgIpc) is 2.69. The van der Waals surface area contributed by atoms with Gasteiger partial charge < -0.3 is 10.1 Å². The lowest BCUT2D eigenvalue weighted by molar-refractivity contribution is -0.123. The quantitative estimate of drug-likeness (QED) is 0.647. The molecule has 0 bridgehead atoms. The van der Waals surface area contributed by atoms with Gasteiger partial charge in [-0.25, -0.2) is 8.42 Å². The normalized spacial score (nSPS) is 13.4. The number of nitrogens with one attached hydrogen (secondary N) is 1. The zero-order valence-electron chi connectivity index (χ0n) is 18.6. The maximum atomic E-state index is 13.3. The van der Waals surface area contributed by atoms with E-state index in [0.717, 1.165) is 22.9 Å². The number of rotatable bonds is 9. The highest BCUT2D eigenvalue weighted by Gasteiger charge is 2.32. The summed E-state index contributed by atoms with van der Waals surface area (Å²) in [6.45, 7) is 7.86. The van der Waals surface area contributed by atoms with Crippen molar-refractivity contribution in [3.63, 3.8) is 0 Å². The highest BCUT2D eigenvalue weighted by Crippen LogP contribution is 2.28. The van der Waals surface area contributed by atoms with E-state index in [-0.39, 0.29) is 11.9 Å². The summed E-state index contributed by atoms with van der Waals surface area (Å²) in [5, 5.41) is 3.07. The van der Waals surface area contributed by atoms with Crippen molar-refractivity contribution in [3.8, 4) is 5.75 Å². The van der Waals surface area contributed by atoms with Gasteiger partial charge in [-0.3, -0.25) is 9.10 Å². The third-order valence-electron chi connectivity index (χ3n) is 5.16. The number of hydrogen-bond acceptors (Lipinski definition) is 4. The first-order valence-corrected chi connectivity index (χ1v) is 12.0. The van der Waals surface area contributed by atoms with Crippen LogP contribution >= 0.6 is 0 Å². The second kappa shape index (κ2) is 9.98. The van der Waals surface area contributed by atoms with Crippen molar-refractivity contribution >= 4 is 21.6 Å². The van der Waals surface area contributed by atoms with Crippen molar-refractivity contribution in [2.75, 3.05) is 17.7 Å². The molecule has 6 nitrogen and oxygen atoms in total. The van der Waals surface area contributed by atoms with Crippen LogP contribution in [-0.4, -0.2) is 33.7 Å². The zero-order valence-corrected chi connectivity index (χ0v) is 19.4. The number of carbonyl (C=O) groups excluding carboxylic acids is 1. The van der Waals surface area contributed by atoms with Gasteiger partial charge in [-0.1, -0.05) is 43.7 Å². The Kier molecular flexibility index (Phi) is 7.89. The molecule has 0 aliphatic rings. The molecule has 0 aliphatic carbocycles. The molecule has 2 unspecified atom stereocenters. The minimum atomic E-state index is -3.70. The van der Waals surface area contributed by atoms with E-state index in [1.165, 1.54) is 11.4 Å². The molecule has 0 aliphatic heterocycles. The Morgan fingerprint density at radius 3 is 2.33 bits per heavy atom. The number of ether oxygens (including phenoxy) is 1. The molecule has 0 saturated heterocycles. The molecule has 0 aromatic heterocycles. The SMILES string of the molecule is CCC(NC(=O)C(CC)N(c1cccc(OC)c1)S(C)(=O)=O)c1ccc(C)cc1C. The van der Waals surface area contributed by atoms with Crippen LogP contribution in [0.1, 0.15) is 49.4 Å². The molecule has 30 heavy (non-hydrogen) atoms. The van der Waals surface area contributed by atoms with Crippen LogP contribution < -0.4 is 14.4 Å². The molecule has 2 aromatic carbocycles. The fourth-order valence-electron chi connectivity index (χ4n) is 3.69. The van der Waals surface area contributed by atoms with E-state index in [4.69, 9.17) is 4.74 Å². The summed E-state index contributed by atoms with van der Waals surface area (Å²) in [4.78, 5) is 13.3. The molecular formula is C23H32N2O4S. The zero-order chi connectivity index (χ0) is 22.5. The average molecular weight is 433 g/mol. The molecule has 164 valence electrons. The Balaban J connectivity index is 2.39. The first-order valence-electron chi connectivity index (χ1n) is 10.1. The monoisotopic (exact) mass is 432 g/mol. The van der Waals surface area contributed by atoms with Crippen LogP contribution in [0.5, 0.6) is 5.75 Å². The lowest BCUT2D eigenvalue weighted by Gasteiger charge is -2.32. The molecule has 0 saturated carbocycles. The maximum absolute atomic E-state index is 13.3. The van der Waals surface area contributed by atoms with Crippen LogP contribution in [0.15, 0.2) is 42.5 Å². The Morgan fingerprint density at radius 2 is 1.80 bits per heavy atom. The van der Waals surface area contributed by atoms with Gasteiger partial charge in [0.05, 0.1) is 25.1 Å². The fraction of sp³-hybridized carbons (Fsp3) is 0.435. The molecule has 2 aromatic rings. The Labute approximate surface area is 180 Å². The van der Waals surface area contributed by atoms with Gasteiger partial charge in [0.1, 0.15) is 11.8 Å². The van der Waals surface area contributed by atoms with Crippen LogP contribution in [-0.2, 0) is 14.8 Å². The maximum Gasteiger partial charge on any atom is 0.244 e. The number of nitrogens with zero attached hydrogens (tertiary/aromatic N) is 1. The van der Waals surface area contributed by atoms with Crippen LogP contribution in [0, 0.1) is 13.8 Å². The van der Waals surface area contributed by atoms with E-state index in [1.807, 2.05) is 32.9 Å². The summed E-state index contributed by atoms with van der Waals surface area (Å²) in [5.41, 5.74) is 3.70. The third kappa shape index (κ3) is 5.53. The van der Waals surface area contributed by atoms with E-state index in [9.17, 15) is 13.2 Å². The van der Waals surface area contributed by atoms with E-state index in [1.54, 1.807) is 31.2 Å². The van der Waals surface area contributed by atoms with Gasteiger partial charge in [0.15, 0.2) is 0 Å². The van der Waals surface area contributed by atoms with Crippen molar-refractivity contribution < 1.29 is 17.9 Å². The van der Waals surface area contributed by atoms with Crippen molar-refractivity contribution in [1.29, 1.82) is 0 Å². The summed E-state index contributed by atoms with van der Waals surface area (Å²) >= 11 is 0. The number of aryl methyl sites for hydroxylation is 2. The summed E-state index contributed by atoms with van der Waals surface area (Å²) in [6, 6.07) is 11.8. The second-order valence-corrected chi connectivity index (χ2v) is 9.37. The minimum absolute atomic E-state index is 0.195. The van der Waals surface area contributed by atoms with Crippen LogP contribution in [0.4, 0.5) is 5.69 Å². The molecule has 1 amide bonds. The van der Waals surface area contributed by atoms with E-state index >= 15 is 0 Å². The predicted molar refractivity (Wildman–Crippen MR) is 121 cm³/mol. The molecule has 0 spiro atoms. The molecule has 7 heteroatoms. The van der Waals surface area contributed by atoms with E-state index < -0.39 is 16.1 Å². The van der Waals surface area contributed by atoms with Gasteiger partial charge in [0.2, 0.25) is 15.9 Å². The van der Waals surface area contributed by atoms with Crippen molar-refractivity contribution in [3.05, 3.63) is 59.2 Å². The largest absolute Gasteiger partial charge is 0.497 e. The topological polar surface area (TPSA) is 75.7 Å². The Morgan fingerprint density at radius 1 is 1.10 bits per heavy atom. The third-order valence-corrected chi connectivity index (χ3v) is 6.34. The van der Waals surface area contributed by atoms with Crippen molar-refractivity contribution in [2.24, 2.45) is 0 Å². The van der Waals surface area contributed by atoms with Gasteiger partial charge >= 0.3 is 0 Å². The minimum Gasteiger partial charge on any atom is -0.497 e. The first kappa shape index (κ1) is 23.7. The molecule has 0 heterocycles. The van der Waals surface area contributed by atoms with E-state index in [0.29, 0.717) is 24.3 Å². The Hall–Kier alpha value is -2.54. The number of hydrogen-bond donors (Lipinski definition) is 1. The number of anilines is 1. The number of sulfonamides is 1. The molecule has 0 fully saturated rings. The molecule has 1 N–H and O–H groups in total. The summed E-state index contributed by atoms with van der Waals surface area (Å²) in [7, 11) is -2.19.